The van der Waals surface area contributed by atoms with Crippen LogP contribution in [0.5, 0.6) is 0 Å². The standard InChI is InChI=1S/C53H33N5S.C50H30N8S/c1-3-12-34(13-4-1)35-23-27-38(28-24-35)52-56-51(37-14-5-2-6-15-37)57-53(58-52)39-29-25-36(26-30-39)40-16-9-17-41(32-40)42-18-10-19-43(33-42)48-50-47(44-20-7-8-22-46(44)59-50)49-45(55-48)21-11-31-54-49;1-3-11-31(12-4-1)32-25-27-36(28-26-32)48-53-47(35-13-5-2-6-14-35)54-49(55-48)40-18-10-16-38(30-40)34-23-21-33(22-24-34)37-15-9-17-39(29-37)43-46-44(57-58-56-43)45-50(59-46)52-42-20-8-7-19-41(42)51-45/h1-33H;1-30H. The molecule has 0 saturated carbocycles. The van der Waals surface area contributed by atoms with Crippen LogP contribution in [0.2, 0.25) is 0 Å². The maximum Gasteiger partial charge on any atom is 0.164 e. The molecule has 15 heteroatoms. The third-order valence-electron chi connectivity index (χ3n) is 21.2. The first-order chi connectivity index (χ1) is 58.4. The van der Waals surface area contributed by atoms with Crippen molar-refractivity contribution in [3.05, 3.63) is 382 Å². The van der Waals surface area contributed by atoms with Crippen molar-refractivity contribution in [2.24, 2.45) is 0 Å². The van der Waals surface area contributed by atoms with Crippen molar-refractivity contribution in [2.45, 2.75) is 0 Å². The van der Waals surface area contributed by atoms with Crippen LogP contribution in [0, 0.1) is 0 Å². The normalized spacial score (nSPS) is 11.4. The van der Waals surface area contributed by atoms with Gasteiger partial charge in [-0.3, -0.25) is 4.98 Å². The van der Waals surface area contributed by atoms with Crippen LogP contribution >= 0.6 is 22.7 Å². The van der Waals surface area contributed by atoms with E-state index in [1.165, 1.54) is 21.0 Å². The quantitative estimate of drug-likeness (QED) is 0.101. The summed E-state index contributed by atoms with van der Waals surface area (Å²) in [5.74, 6) is 3.77. The molecule has 0 saturated heterocycles. The van der Waals surface area contributed by atoms with Crippen molar-refractivity contribution in [2.75, 3.05) is 0 Å². The van der Waals surface area contributed by atoms with E-state index in [0.29, 0.717) is 40.5 Å². The summed E-state index contributed by atoms with van der Waals surface area (Å²) >= 11 is 3.33. The fourth-order valence-corrected chi connectivity index (χ4v) is 17.5. The fourth-order valence-electron chi connectivity index (χ4n) is 15.2. The minimum absolute atomic E-state index is 0.614. The SMILES string of the molecule is c1ccc(-c2ccc(-c3nc(-c4ccccc4)nc(-c4ccc(-c5cccc(-c6cccc(-c7nc8cccnc8c8c7sc7ccccc78)c6)c5)cc4)n3)cc2)cc1.c1ccc(-c2ccc(-c3nc(-c4ccccc4)nc(-c4cccc(-c5ccc(-c6cccc(-c7nnnc8c7sc7nc9ccccc9nc78)c6)cc5)c4)n3)cc2)cc1. The van der Waals surface area contributed by atoms with Gasteiger partial charge >= 0.3 is 0 Å². The highest BCUT2D eigenvalue weighted by atomic mass is 32.1. The molecule has 22 aromatic rings. The van der Waals surface area contributed by atoms with Gasteiger partial charge in [0.15, 0.2) is 34.9 Å². The summed E-state index contributed by atoms with van der Waals surface area (Å²) in [7, 11) is 0. The van der Waals surface area contributed by atoms with E-state index in [1.54, 1.807) is 22.7 Å². The van der Waals surface area contributed by atoms with Crippen LogP contribution in [0.3, 0.4) is 0 Å². The molecule has 8 heterocycles. The molecule has 0 bridgehead atoms. The molecular weight excluding hydrogens is 1480 g/mol. The summed E-state index contributed by atoms with van der Waals surface area (Å²) in [6.45, 7) is 0. The molecular formula is C103H63N13S2. The van der Waals surface area contributed by atoms with Crippen LogP contribution in [0.4, 0.5) is 0 Å². The van der Waals surface area contributed by atoms with Gasteiger partial charge in [0.1, 0.15) is 21.6 Å². The Balaban J connectivity index is 0.000000147. The molecule has 8 aromatic heterocycles. The zero-order valence-corrected chi connectivity index (χ0v) is 64.6. The Morgan fingerprint density at radius 1 is 0.195 bits per heavy atom. The Bertz CT molecular complexity index is 7520. The monoisotopic (exact) mass is 1550 g/mol. The molecule has 22 rings (SSSR count). The number of fused-ring (bicyclic) bond motifs is 9. The molecule has 0 aliphatic carbocycles. The van der Waals surface area contributed by atoms with Gasteiger partial charge in [-0.1, -0.05) is 322 Å². The molecule has 118 heavy (non-hydrogen) atoms. The number of thiophene rings is 2. The molecule has 13 nitrogen and oxygen atoms in total. The average Bonchev–Trinajstić information content (AvgIpc) is 1.56. The zero-order valence-electron chi connectivity index (χ0n) is 63.0. The third-order valence-corrected chi connectivity index (χ3v) is 23.4. The van der Waals surface area contributed by atoms with Crippen molar-refractivity contribution in [3.63, 3.8) is 0 Å². The van der Waals surface area contributed by atoms with Crippen LogP contribution in [0.15, 0.2) is 382 Å². The van der Waals surface area contributed by atoms with Gasteiger partial charge < -0.3 is 0 Å². The number of aromatic nitrogens is 13. The van der Waals surface area contributed by atoms with Crippen molar-refractivity contribution in [1.82, 2.24) is 65.3 Å². The summed E-state index contributed by atoms with van der Waals surface area (Å²) in [6, 6.07) is 129. The largest absolute Gasteiger partial charge is 0.254 e. The second kappa shape index (κ2) is 30.8. The second-order valence-corrected chi connectivity index (χ2v) is 30.7. The zero-order chi connectivity index (χ0) is 78.2. The van der Waals surface area contributed by atoms with Crippen LogP contribution in [-0.2, 0) is 0 Å². The summed E-state index contributed by atoms with van der Waals surface area (Å²) in [5.41, 5.74) is 27.8. The predicted octanol–water partition coefficient (Wildman–Crippen LogP) is 25.9. The van der Waals surface area contributed by atoms with Crippen molar-refractivity contribution in [1.29, 1.82) is 0 Å². The Morgan fingerprint density at radius 3 is 1.03 bits per heavy atom. The molecule has 0 spiro atoms. The van der Waals surface area contributed by atoms with E-state index in [9.17, 15) is 0 Å². The molecule has 0 aliphatic rings. The highest BCUT2D eigenvalue weighted by Crippen LogP contribution is 2.44. The number of rotatable bonds is 14. The molecule has 0 fully saturated rings. The van der Waals surface area contributed by atoms with Gasteiger partial charge in [0.05, 0.1) is 37.2 Å². The van der Waals surface area contributed by atoms with Gasteiger partial charge in [0.25, 0.3) is 0 Å². The molecule has 552 valence electrons. The topological polar surface area (TPSA) is 168 Å². The van der Waals surface area contributed by atoms with Crippen LogP contribution < -0.4 is 0 Å². The summed E-state index contributed by atoms with van der Waals surface area (Å²) in [6.07, 6.45) is 1.86. The molecule has 0 unspecified atom stereocenters. The molecule has 0 atom stereocenters. The Hall–Kier alpha value is -15.6. The fraction of sp³-hybridized carbons (Fsp3) is 0. The Kier molecular flexibility index (Phi) is 18.3. The third kappa shape index (κ3) is 13.9. The van der Waals surface area contributed by atoms with Gasteiger partial charge in [-0.05, 0) is 127 Å². The molecule has 0 amide bonds. The van der Waals surface area contributed by atoms with E-state index in [4.69, 9.17) is 49.8 Å². The number of benzene rings is 14. The first-order valence-electron chi connectivity index (χ1n) is 38.7. The molecule has 0 N–H and O–H groups in total. The first-order valence-corrected chi connectivity index (χ1v) is 40.4. The van der Waals surface area contributed by atoms with E-state index in [1.807, 2.05) is 109 Å². The minimum atomic E-state index is 0.614. The van der Waals surface area contributed by atoms with Crippen LogP contribution in [0.25, 0.3) is 220 Å². The number of nitrogens with zero attached hydrogens (tertiary/aromatic N) is 13. The van der Waals surface area contributed by atoms with Gasteiger partial charge in [0, 0.05) is 66.2 Å². The van der Waals surface area contributed by atoms with Crippen LogP contribution in [-0.4, -0.2) is 65.3 Å². The van der Waals surface area contributed by atoms with E-state index in [2.05, 4.69) is 288 Å². The lowest BCUT2D eigenvalue weighted by Gasteiger charge is -2.11. The first kappa shape index (κ1) is 70.3. The van der Waals surface area contributed by atoms with Crippen molar-refractivity contribution in [3.8, 4) is 158 Å². The highest BCUT2D eigenvalue weighted by Gasteiger charge is 2.22. The van der Waals surface area contributed by atoms with E-state index >= 15 is 0 Å². The minimum Gasteiger partial charge on any atom is -0.254 e. The van der Waals surface area contributed by atoms with Gasteiger partial charge in [-0.2, -0.15) is 0 Å². The van der Waals surface area contributed by atoms with Gasteiger partial charge in [0.2, 0.25) is 0 Å². The predicted molar refractivity (Wildman–Crippen MR) is 481 cm³/mol. The van der Waals surface area contributed by atoms with Crippen LogP contribution in [0.1, 0.15) is 0 Å². The Morgan fingerprint density at radius 2 is 0.534 bits per heavy atom. The summed E-state index contributed by atoms with van der Waals surface area (Å²) in [5, 5.41) is 15.4. The maximum atomic E-state index is 5.20. The molecule has 14 aromatic carbocycles. The maximum absolute atomic E-state index is 5.20. The van der Waals surface area contributed by atoms with Crippen molar-refractivity contribution < 1.29 is 0 Å². The lowest BCUT2D eigenvalue weighted by atomic mass is 9.96. The Labute approximate surface area is 685 Å². The second-order valence-electron chi connectivity index (χ2n) is 28.6. The van der Waals surface area contributed by atoms with Gasteiger partial charge in [-0.25, -0.2) is 44.9 Å². The smallest absolute Gasteiger partial charge is 0.164 e. The van der Waals surface area contributed by atoms with E-state index in [0.717, 1.165) is 159 Å². The summed E-state index contributed by atoms with van der Waals surface area (Å²) in [4.78, 5) is 50.4. The van der Waals surface area contributed by atoms with E-state index in [-0.39, 0.29) is 0 Å². The van der Waals surface area contributed by atoms with Gasteiger partial charge in [-0.15, -0.1) is 32.9 Å². The lowest BCUT2D eigenvalue weighted by Crippen LogP contribution is -2.00. The van der Waals surface area contributed by atoms with Crippen molar-refractivity contribution >= 4 is 85.5 Å². The lowest BCUT2D eigenvalue weighted by molar-refractivity contribution is 0.904. The molecule has 0 aliphatic heterocycles. The number of pyridine rings is 2. The summed E-state index contributed by atoms with van der Waals surface area (Å²) < 4.78 is 3.31. The molecule has 0 radical (unpaired) electrons. The number of para-hydroxylation sites is 2. The van der Waals surface area contributed by atoms with E-state index < -0.39 is 0 Å². The number of hydrogen-bond donors (Lipinski definition) is 0. The number of hydrogen-bond acceptors (Lipinski definition) is 15. The highest BCUT2D eigenvalue weighted by molar-refractivity contribution is 7.26. The average molecular weight is 1550 g/mol.